The highest BCUT2D eigenvalue weighted by Crippen LogP contribution is 2.31. The summed E-state index contributed by atoms with van der Waals surface area (Å²) in [5.41, 5.74) is -0.169. The maximum absolute atomic E-state index is 11.1. The SMILES string of the molecule is C[C@@](O)([C@H]1COC(=O)C1)[C@H](O)CCc1ccccc1. The van der Waals surface area contributed by atoms with Gasteiger partial charge in [-0.05, 0) is 25.3 Å². The number of ether oxygens (including phenoxy) is 1. The molecule has 4 nitrogen and oxygen atoms in total. The number of esters is 1. The maximum Gasteiger partial charge on any atom is 0.306 e. The first kappa shape index (κ1) is 14.0. The molecule has 0 bridgehead atoms. The molecule has 0 radical (unpaired) electrons. The van der Waals surface area contributed by atoms with Gasteiger partial charge in [0.05, 0.1) is 24.7 Å². The van der Waals surface area contributed by atoms with Crippen molar-refractivity contribution >= 4 is 5.97 Å². The summed E-state index contributed by atoms with van der Waals surface area (Å²) < 4.78 is 4.85. The number of hydrogen-bond donors (Lipinski definition) is 2. The summed E-state index contributed by atoms with van der Waals surface area (Å²) in [7, 11) is 0. The van der Waals surface area contributed by atoms with E-state index in [0.29, 0.717) is 12.8 Å². The standard InChI is InChI=1S/C15H20O4/c1-15(18,12-9-14(17)19-10-12)13(16)8-7-11-5-3-2-4-6-11/h2-6,12-13,16,18H,7-10H2,1H3/t12-,13-,15-/m1/s1. The lowest BCUT2D eigenvalue weighted by Crippen LogP contribution is -2.46. The van der Waals surface area contributed by atoms with E-state index in [0.717, 1.165) is 5.56 Å². The molecule has 104 valence electrons. The predicted octanol–water partition coefficient (Wildman–Crippen LogP) is 1.29. The maximum atomic E-state index is 11.1. The van der Waals surface area contributed by atoms with Gasteiger partial charge in [-0.2, -0.15) is 0 Å². The molecule has 0 spiro atoms. The first-order chi connectivity index (χ1) is 9.00. The lowest BCUT2D eigenvalue weighted by molar-refractivity contribution is -0.137. The lowest BCUT2D eigenvalue weighted by atomic mass is 9.81. The summed E-state index contributed by atoms with van der Waals surface area (Å²) in [6.07, 6.45) is 0.462. The molecule has 0 aromatic heterocycles. The molecule has 1 fully saturated rings. The third-order valence-corrected chi connectivity index (χ3v) is 3.91. The minimum atomic E-state index is -1.29. The predicted molar refractivity (Wildman–Crippen MR) is 70.5 cm³/mol. The largest absolute Gasteiger partial charge is 0.465 e. The number of benzene rings is 1. The molecule has 1 aromatic rings. The van der Waals surface area contributed by atoms with Crippen molar-refractivity contribution in [1.29, 1.82) is 0 Å². The van der Waals surface area contributed by atoms with Crippen molar-refractivity contribution in [3.8, 4) is 0 Å². The highest BCUT2D eigenvalue weighted by molar-refractivity contribution is 5.71. The zero-order chi connectivity index (χ0) is 13.9. The molecule has 0 amide bonds. The van der Waals surface area contributed by atoms with E-state index in [1.54, 1.807) is 6.92 Å². The molecular formula is C15H20O4. The molecule has 2 rings (SSSR count). The first-order valence-electron chi connectivity index (χ1n) is 6.60. The Morgan fingerprint density at radius 3 is 2.68 bits per heavy atom. The van der Waals surface area contributed by atoms with Crippen LogP contribution in [0.15, 0.2) is 30.3 Å². The van der Waals surface area contributed by atoms with Gasteiger partial charge in [0.1, 0.15) is 0 Å². The van der Waals surface area contributed by atoms with Crippen molar-refractivity contribution in [3.63, 3.8) is 0 Å². The zero-order valence-corrected chi connectivity index (χ0v) is 11.1. The smallest absolute Gasteiger partial charge is 0.306 e. The molecule has 3 atom stereocenters. The van der Waals surface area contributed by atoms with Crippen LogP contribution in [0.2, 0.25) is 0 Å². The van der Waals surface area contributed by atoms with E-state index in [1.807, 2.05) is 30.3 Å². The van der Waals surface area contributed by atoms with Gasteiger partial charge in [-0.15, -0.1) is 0 Å². The van der Waals surface area contributed by atoms with Crippen LogP contribution in [0, 0.1) is 5.92 Å². The fourth-order valence-corrected chi connectivity index (χ4v) is 2.40. The molecule has 19 heavy (non-hydrogen) atoms. The van der Waals surface area contributed by atoms with E-state index >= 15 is 0 Å². The zero-order valence-electron chi connectivity index (χ0n) is 11.1. The minimum absolute atomic E-state index is 0.176. The number of aliphatic hydroxyl groups is 2. The number of carbonyl (C=O) groups excluding carboxylic acids is 1. The Labute approximate surface area is 113 Å². The van der Waals surface area contributed by atoms with Crippen molar-refractivity contribution in [2.24, 2.45) is 5.92 Å². The van der Waals surface area contributed by atoms with E-state index in [-0.39, 0.29) is 24.9 Å². The summed E-state index contributed by atoms with van der Waals surface area (Å²) in [5.74, 6) is -0.633. The third kappa shape index (κ3) is 3.33. The second-order valence-corrected chi connectivity index (χ2v) is 5.35. The van der Waals surface area contributed by atoms with E-state index in [1.165, 1.54) is 0 Å². The van der Waals surface area contributed by atoms with E-state index in [9.17, 15) is 15.0 Å². The van der Waals surface area contributed by atoms with Gasteiger partial charge in [0.2, 0.25) is 0 Å². The second kappa shape index (κ2) is 5.72. The molecule has 1 aliphatic rings. The quantitative estimate of drug-likeness (QED) is 0.787. The molecule has 2 N–H and O–H groups in total. The van der Waals surface area contributed by atoms with Crippen molar-refractivity contribution in [2.75, 3.05) is 6.61 Å². The monoisotopic (exact) mass is 264 g/mol. The molecule has 1 aliphatic heterocycles. The molecule has 1 aromatic carbocycles. The van der Waals surface area contributed by atoms with Crippen LogP contribution >= 0.6 is 0 Å². The highest BCUT2D eigenvalue weighted by atomic mass is 16.5. The summed E-state index contributed by atoms with van der Waals surface area (Å²) >= 11 is 0. The number of hydrogen-bond acceptors (Lipinski definition) is 4. The number of aryl methyl sites for hydroxylation is 1. The molecular weight excluding hydrogens is 244 g/mol. The van der Waals surface area contributed by atoms with Crippen molar-refractivity contribution in [2.45, 2.75) is 37.9 Å². The normalized spacial score (nSPS) is 23.7. The van der Waals surface area contributed by atoms with Gasteiger partial charge in [0, 0.05) is 5.92 Å². The Bertz CT molecular complexity index is 427. The average Bonchev–Trinajstić information content (AvgIpc) is 2.84. The average molecular weight is 264 g/mol. The minimum Gasteiger partial charge on any atom is -0.465 e. The highest BCUT2D eigenvalue weighted by Gasteiger charge is 2.43. The Balaban J connectivity index is 1.91. The van der Waals surface area contributed by atoms with Gasteiger partial charge in [-0.1, -0.05) is 30.3 Å². The van der Waals surface area contributed by atoms with E-state index < -0.39 is 11.7 Å². The van der Waals surface area contributed by atoms with Gasteiger partial charge in [0.15, 0.2) is 0 Å². The van der Waals surface area contributed by atoms with Crippen LogP contribution in [0.1, 0.15) is 25.3 Å². The van der Waals surface area contributed by atoms with Gasteiger partial charge in [-0.25, -0.2) is 0 Å². The Morgan fingerprint density at radius 2 is 2.11 bits per heavy atom. The molecule has 1 heterocycles. The van der Waals surface area contributed by atoms with Gasteiger partial charge in [-0.3, -0.25) is 4.79 Å². The van der Waals surface area contributed by atoms with Crippen LogP contribution in [0.4, 0.5) is 0 Å². The molecule has 4 heteroatoms. The summed E-state index contributed by atoms with van der Waals surface area (Å²) in [6, 6.07) is 9.82. The first-order valence-corrected chi connectivity index (χ1v) is 6.60. The Hall–Kier alpha value is -1.39. The van der Waals surface area contributed by atoms with Crippen LogP contribution in [0.5, 0.6) is 0 Å². The van der Waals surface area contributed by atoms with Gasteiger partial charge < -0.3 is 14.9 Å². The van der Waals surface area contributed by atoms with Crippen molar-refractivity contribution in [3.05, 3.63) is 35.9 Å². The Morgan fingerprint density at radius 1 is 1.42 bits per heavy atom. The lowest BCUT2D eigenvalue weighted by Gasteiger charge is -2.33. The van der Waals surface area contributed by atoms with Crippen LogP contribution in [-0.4, -0.2) is 34.5 Å². The van der Waals surface area contributed by atoms with Gasteiger partial charge in [0.25, 0.3) is 0 Å². The van der Waals surface area contributed by atoms with Crippen LogP contribution < -0.4 is 0 Å². The fraction of sp³-hybridized carbons (Fsp3) is 0.533. The second-order valence-electron chi connectivity index (χ2n) is 5.35. The topological polar surface area (TPSA) is 66.8 Å². The molecule has 1 saturated heterocycles. The molecule has 0 saturated carbocycles. The van der Waals surface area contributed by atoms with E-state index in [2.05, 4.69) is 0 Å². The van der Waals surface area contributed by atoms with Gasteiger partial charge >= 0.3 is 5.97 Å². The van der Waals surface area contributed by atoms with Crippen LogP contribution in [0.25, 0.3) is 0 Å². The number of rotatable bonds is 5. The fourth-order valence-electron chi connectivity index (χ4n) is 2.40. The van der Waals surface area contributed by atoms with Crippen molar-refractivity contribution in [1.82, 2.24) is 0 Å². The summed E-state index contributed by atoms with van der Waals surface area (Å²) in [4.78, 5) is 11.1. The number of cyclic esters (lactones) is 1. The van der Waals surface area contributed by atoms with Crippen LogP contribution in [-0.2, 0) is 16.0 Å². The summed E-state index contributed by atoms with van der Waals surface area (Å²) in [6.45, 7) is 1.77. The van der Waals surface area contributed by atoms with Crippen LogP contribution in [0.3, 0.4) is 0 Å². The van der Waals surface area contributed by atoms with E-state index in [4.69, 9.17) is 4.74 Å². The van der Waals surface area contributed by atoms with Crippen molar-refractivity contribution < 1.29 is 19.7 Å². The Kier molecular flexibility index (Phi) is 4.22. The third-order valence-electron chi connectivity index (χ3n) is 3.91. The molecule has 0 unspecified atom stereocenters. The number of aliphatic hydroxyl groups excluding tert-OH is 1. The molecule has 0 aliphatic carbocycles. The summed E-state index contributed by atoms with van der Waals surface area (Å²) in [5, 5.41) is 20.6. The number of carbonyl (C=O) groups is 1.